The normalized spacial score (nSPS) is 15.9. The third kappa shape index (κ3) is 6.33. The smallest absolute Gasteiger partial charge is 0.305 e. The summed E-state index contributed by atoms with van der Waals surface area (Å²) < 4.78 is 10.2. The van der Waals surface area contributed by atoms with E-state index in [0.29, 0.717) is 38.2 Å². The maximum absolute atomic E-state index is 12.4. The molecule has 0 saturated heterocycles. The van der Waals surface area contributed by atoms with Gasteiger partial charge in [0, 0.05) is 18.5 Å². The van der Waals surface area contributed by atoms with E-state index < -0.39 is 0 Å². The van der Waals surface area contributed by atoms with Crippen LogP contribution >= 0.6 is 0 Å². The van der Waals surface area contributed by atoms with E-state index in [2.05, 4.69) is 10.1 Å². The van der Waals surface area contributed by atoms with Gasteiger partial charge in [-0.1, -0.05) is 19.3 Å². The second-order valence-electron chi connectivity index (χ2n) is 7.04. The fraction of sp³-hybridized carbons (Fsp3) is 0.600. The predicted molar refractivity (Wildman–Crippen MR) is 101 cm³/mol. The maximum Gasteiger partial charge on any atom is 0.305 e. The van der Waals surface area contributed by atoms with E-state index in [1.807, 2.05) is 24.3 Å². The number of nitrogens with two attached hydrogens (primary N) is 1. The van der Waals surface area contributed by atoms with Gasteiger partial charge in [0.2, 0.25) is 5.91 Å². The molecule has 0 atom stereocenters. The van der Waals surface area contributed by atoms with E-state index >= 15 is 0 Å². The van der Waals surface area contributed by atoms with Gasteiger partial charge in [-0.15, -0.1) is 0 Å². The molecule has 0 unspecified atom stereocenters. The van der Waals surface area contributed by atoms with Crippen molar-refractivity contribution in [2.45, 2.75) is 51.4 Å². The summed E-state index contributed by atoms with van der Waals surface area (Å²) in [7, 11) is 1.37. The molecule has 6 heteroatoms. The van der Waals surface area contributed by atoms with E-state index in [0.717, 1.165) is 31.4 Å². The van der Waals surface area contributed by atoms with E-state index in [1.165, 1.54) is 13.5 Å². The van der Waals surface area contributed by atoms with Gasteiger partial charge in [0.1, 0.15) is 5.75 Å². The number of anilines is 1. The van der Waals surface area contributed by atoms with Crippen LogP contribution in [-0.4, -0.2) is 32.1 Å². The number of benzene rings is 1. The van der Waals surface area contributed by atoms with Gasteiger partial charge in [-0.25, -0.2) is 0 Å². The van der Waals surface area contributed by atoms with E-state index in [-0.39, 0.29) is 17.3 Å². The van der Waals surface area contributed by atoms with Gasteiger partial charge in [-0.3, -0.25) is 9.59 Å². The fourth-order valence-corrected chi connectivity index (χ4v) is 3.44. The number of ether oxygens (including phenoxy) is 2. The fourth-order valence-electron chi connectivity index (χ4n) is 3.44. The number of nitrogens with one attached hydrogen (secondary N) is 1. The lowest BCUT2D eigenvalue weighted by Crippen LogP contribution is -2.36. The van der Waals surface area contributed by atoms with Gasteiger partial charge >= 0.3 is 5.97 Å². The minimum atomic E-state index is -0.236. The highest BCUT2D eigenvalue weighted by Gasteiger charge is 2.32. The first kappa shape index (κ1) is 20.2. The maximum atomic E-state index is 12.4. The molecule has 0 aromatic heterocycles. The predicted octanol–water partition coefficient (Wildman–Crippen LogP) is 3.26. The van der Waals surface area contributed by atoms with Crippen LogP contribution in [0.25, 0.3) is 0 Å². The molecule has 1 amide bonds. The van der Waals surface area contributed by atoms with Crippen molar-refractivity contribution >= 4 is 17.6 Å². The summed E-state index contributed by atoms with van der Waals surface area (Å²) in [6, 6.07) is 7.27. The van der Waals surface area contributed by atoms with Crippen LogP contribution in [0.3, 0.4) is 0 Å². The molecule has 144 valence electrons. The summed E-state index contributed by atoms with van der Waals surface area (Å²) in [5, 5.41) is 2.95. The molecule has 2 rings (SSSR count). The molecule has 1 aromatic carbocycles. The molecular formula is C20H30N2O4. The molecule has 1 saturated carbocycles. The topological polar surface area (TPSA) is 90.6 Å². The number of amides is 1. The third-order valence-corrected chi connectivity index (χ3v) is 5.04. The molecule has 1 aliphatic rings. The summed E-state index contributed by atoms with van der Waals surface area (Å²) in [4.78, 5) is 23.4. The second-order valence-corrected chi connectivity index (χ2v) is 7.04. The van der Waals surface area contributed by atoms with Gasteiger partial charge in [-0.05, 0) is 55.5 Å². The standard InChI is InChI=1S/C20H30N2O4/c1-25-19(24)6-5-13-26-17-9-7-16(8-10-17)22-18(23)14-20(15-21)11-3-2-4-12-20/h7-10H,2-6,11-15,21H2,1H3,(H,22,23). The molecule has 0 radical (unpaired) electrons. The molecule has 0 spiro atoms. The molecule has 6 nitrogen and oxygen atoms in total. The quantitative estimate of drug-likeness (QED) is 0.520. The average Bonchev–Trinajstić information content (AvgIpc) is 2.67. The van der Waals surface area contributed by atoms with Crippen LogP contribution in [0.2, 0.25) is 0 Å². The zero-order valence-corrected chi connectivity index (χ0v) is 15.6. The zero-order valence-electron chi connectivity index (χ0n) is 15.6. The average molecular weight is 362 g/mol. The Morgan fingerprint density at radius 3 is 2.46 bits per heavy atom. The van der Waals surface area contributed by atoms with Crippen molar-refractivity contribution in [2.24, 2.45) is 11.1 Å². The highest BCUT2D eigenvalue weighted by atomic mass is 16.5. The van der Waals surface area contributed by atoms with Gasteiger partial charge in [-0.2, -0.15) is 0 Å². The van der Waals surface area contributed by atoms with Gasteiger partial charge in [0.25, 0.3) is 0 Å². The van der Waals surface area contributed by atoms with E-state index in [4.69, 9.17) is 10.5 Å². The molecule has 26 heavy (non-hydrogen) atoms. The molecule has 1 aliphatic carbocycles. The summed E-state index contributed by atoms with van der Waals surface area (Å²) in [5.41, 5.74) is 6.67. The van der Waals surface area contributed by atoms with Crippen LogP contribution in [0.15, 0.2) is 24.3 Å². The first-order valence-electron chi connectivity index (χ1n) is 9.36. The largest absolute Gasteiger partial charge is 0.494 e. The van der Waals surface area contributed by atoms with Crippen LogP contribution in [0, 0.1) is 5.41 Å². The summed E-state index contributed by atoms with van der Waals surface area (Å²) >= 11 is 0. The number of hydrogen-bond donors (Lipinski definition) is 2. The van der Waals surface area contributed by atoms with Crippen LogP contribution in [-0.2, 0) is 14.3 Å². The molecule has 1 aromatic rings. The number of rotatable bonds is 9. The van der Waals surface area contributed by atoms with Gasteiger partial charge in [0.05, 0.1) is 13.7 Å². The molecule has 0 heterocycles. The van der Waals surface area contributed by atoms with Gasteiger partial charge < -0.3 is 20.5 Å². The minimum Gasteiger partial charge on any atom is -0.494 e. The Hall–Kier alpha value is -2.08. The highest BCUT2D eigenvalue weighted by molar-refractivity contribution is 5.91. The Kier molecular flexibility index (Phi) is 7.91. The first-order chi connectivity index (χ1) is 12.6. The molecule has 0 aliphatic heterocycles. The number of hydrogen-bond acceptors (Lipinski definition) is 5. The zero-order chi connectivity index (χ0) is 18.8. The second kappa shape index (κ2) is 10.2. The van der Waals surface area contributed by atoms with Crippen molar-refractivity contribution < 1.29 is 19.1 Å². The number of methoxy groups -OCH3 is 1. The molecular weight excluding hydrogens is 332 g/mol. The van der Waals surface area contributed by atoms with Crippen molar-refractivity contribution in [1.82, 2.24) is 0 Å². The Balaban J connectivity index is 1.77. The lowest BCUT2D eigenvalue weighted by molar-refractivity contribution is -0.140. The first-order valence-corrected chi connectivity index (χ1v) is 9.36. The van der Waals surface area contributed by atoms with Crippen molar-refractivity contribution in [3.8, 4) is 5.75 Å². The highest BCUT2D eigenvalue weighted by Crippen LogP contribution is 2.38. The SMILES string of the molecule is COC(=O)CCCOc1ccc(NC(=O)CC2(CN)CCCCC2)cc1. The number of esters is 1. The summed E-state index contributed by atoms with van der Waals surface area (Å²) in [6.45, 7) is 1.01. The minimum absolute atomic E-state index is 0.0177. The number of carbonyl (C=O) groups is 2. The Labute approximate surface area is 155 Å². The van der Waals surface area contributed by atoms with Crippen molar-refractivity contribution in [3.05, 3.63) is 24.3 Å². The number of carbonyl (C=O) groups excluding carboxylic acids is 2. The van der Waals surface area contributed by atoms with Crippen LogP contribution in [0.1, 0.15) is 51.4 Å². The molecule has 3 N–H and O–H groups in total. The monoisotopic (exact) mass is 362 g/mol. The van der Waals surface area contributed by atoms with Crippen molar-refractivity contribution in [1.29, 1.82) is 0 Å². The molecule has 0 bridgehead atoms. The van der Waals surface area contributed by atoms with E-state index in [9.17, 15) is 9.59 Å². The Morgan fingerprint density at radius 2 is 1.85 bits per heavy atom. The Bertz CT molecular complexity index is 580. The van der Waals surface area contributed by atoms with Crippen LogP contribution in [0.5, 0.6) is 5.75 Å². The van der Waals surface area contributed by atoms with Crippen LogP contribution in [0.4, 0.5) is 5.69 Å². The Morgan fingerprint density at radius 1 is 1.15 bits per heavy atom. The summed E-state index contributed by atoms with van der Waals surface area (Å²) in [5.74, 6) is 0.488. The van der Waals surface area contributed by atoms with Crippen LogP contribution < -0.4 is 15.8 Å². The third-order valence-electron chi connectivity index (χ3n) is 5.04. The summed E-state index contributed by atoms with van der Waals surface area (Å²) in [6.07, 6.45) is 7.06. The molecule has 1 fully saturated rings. The van der Waals surface area contributed by atoms with Gasteiger partial charge in [0.15, 0.2) is 0 Å². The lowest BCUT2D eigenvalue weighted by atomic mass is 9.71. The van der Waals surface area contributed by atoms with Crippen molar-refractivity contribution in [2.75, 3.05) is 25.6 Å². The lowest BCUT2D eigenvalue weighted by Gasteiger charge is -2.35. The van der Waals surface area contributed by atoms with E-state index in [1.54, 1.807) is 0 Å². The van der Waals surface area contributed by atoms with Crippen molar-refractivity contribution in [3.63, 3.8) is 0 Å².